The standard InChI is InChI=1S/C24H18ClN3O6S/c1-13-7-15(14(2)27(13)17-3-5-18(6-4-17)28(31)32)9-22-23(29)26(24(30)35-22)11-16-8-20-21(10-19(16)25)34-12-33-20/h3-10H,11-12H2,1-2H3/b22-9-. The third-order valence-electron chi connectivity index (χ3n) is 5.82. The molecule has 1 fully saturated rings. The molecular weight excluding hydrogens is 494 g/mol. The van der Waals surface area contributed by atoms with Crippen LogP contribution < -0.4 is 9.47 Å². The summed E-state index contributed by atoms with van der Waals surface area (Å²) in [7, 11) is 0. The van der Waals surface area contributed by atoms with Crippen LogP contribution in [0.3, 0.4) is 0 Å². The van der Waals surface area contributed by atoms with Crippen molar-refractivity contribution in [3.63, 3.8) is 0 Å². The highest BCUT2D eigenvalue weighted by Crippen LogP contribution is 2.39. The molecule has 2 aromatic carbocycles. The second-order valence-corrected chi connectivity index (χ2v) is 9.40. The van der Waals surface area contributed by atoms with Gasteiger partial charge in [-0.3, -0.25) is 24.6 Å². The minimum atomic E-state index is -0.447. The van der Waals surface area contributed by atoms with Crippen LogP contribution in [0.1, 0.15) is 22.5 Å². The zero-order valence-electron chi connectivity index (χ0n) is 18.6. The minimum Gasteiger partial charge on any atom is -0.454 e. The molecular formula is C24H18ClN3O6S. The molecule has 0 spiro atoms. The number of halogens is 1. The van der Waals surface area contributed by atoms with Crippen molar-refractivity contribution in [2.75, 3.05) is 6.79 Å². The Kier molecular flexibility index (Phi) is 5.78. The molecule has 0 unspecified atom stereocenters. The molecule has 0 bridgehead atoms. The lowest BCUT2D eigenvalue weighted by molar-refractivity contribution is -0.384. The molecule has 35 heavy (non-hydrogen) atoms. The van der Waals surface area contributed by atoms with Gasteiger partial charge in [-0.2, -0.15) is 0 Å². The van der Waals surface area contributed by atoms with Crippen molar-refractivity contribution >= 4 is 46.3 Å². The summed E-state index contributed by atoms with van der Waals surface area (Å²) < 4.78 is 12.6. The number of carbonyl (C=O) groups is 2. The fraction of sp³-hybridized carbons (Fsp3) is 0.167. The third-order valence-corrected chi connectivity index (χ3v) is 7.08. The van der Waals surface area contributed by atoms with E-state index in [0.717, 1.165) is 39.3 Å². The van der Waals surface area contributed by atoms with Gasteiger partial charge in [0, 0.05) is 40.3 Å². The number of hydrogen-bond acceptors (Lipinski definition) is 7. The van der Waals surface area contributed by atoms with E-state index in [-0.39, 0.29) is 24.3 Å². The zero-order valence-corrected chi connectivity index (χ0v) is 20.2. The molecule has 5 rings (SSSR count). The monoisotopic (exact) mass is 511 g/mol. The first-order chi connectivity index (χ1) is 16.7. The molecule has 3 aromatic rings. The van der Waals surface area contributed by atoms with Crippen LogP contribution >= 0.6 is 23.4 Å². The van der Waals surface area contributed by atoms with Gasteiger partial charge in [0.25, 0.3) is 16.8 Å². The number of thioether (sulfide) groups is 1. The summed E-state index contributed by atoms with van der Waals surface area (Å²) in [6, 6.07) is 11.4. The number of non-ortho nitro benzene ring substituents is 1. The van der Waals surface area contributed by atoms with Gasteiger partial charge in [0.1, 0.15) is 0 Å². The Morgan fingerprint density at radius 1 is 1.11 bits per heavy atom. The SMILES string of the molecule is Cc1cc(/C=C2\SC(=O)N(Cc3cc4c(cc3Cl)OCO4)C2=O)c(C)n1-c1ccc([N+](=O)[O-])cc1. The second-order valence-electron chi connectivity index (χ2n) is 8.00. The van der Waals surface area contributed by atoms with Crippen LogP contribution in [0.15, 0.2) is 47.4 Å². The molecule has 9 nitrogen and oxygen atoms in total. The lowest BCUT2D eigenvalue weighted by Gasteiger charge is -2.14. The van der Waals surface area contributed by atoms with Crippen LogP contribution in [-0.4, -0.2) is 32.3 Å². The average Bonchev–Trinajstić information content (AvgIpc) is 3.46. The molecule has 178 valence electrons. The Labute approximate surface area is 209 Å². The Balaban J connectivity index is 1.41. The Bertz CT molecular complexity index is 1430. The predicted octanol–water partition coefficient (Wildman–Crippen LogP) is 5.62. The van der Waals surface area contributed by atoms with E-state index in [0.29, 0.717) is 27.0 Å². The first-order valence-corrected chi connectivity index (χ1v) is 11.7. The molecule has 2 aliphatic heterocycles. The summed E-state index contributed by atoms with van der Waals surface area (Å²) in [5.41, 5.74) is 3.84. The highest BCUT2D eigenvalue weighted by Gasteiger charge is 2.36. The van der Waals surface area contributed by atoms with E-state index in [2.05, 4.69) is 0 Å². The summed E-state index contributed by atoms with van der Waals surface area (Å²) >= 11 is 7.20. The summed E-state index contributed by atoms with van der Waals surface area (Å²) in [4.78, 5) is 37.7. The molecule has 2 aliphatic rings. The number of imide groups is 1. The smallest absolute Gasteiger partial charge is 0.293 e. The normalized spacial score (nSPS) is 16.0. The number of carbonyl (C=O) groups excluding carboxylic acids is 2. The van der Waals surface area contributed by atoms with Crippen molar-refractivity contribution in [3.05, 3.63) is 85.0 Å². The van der Waals surface area contributed by atoms with E-state index in [9.17, 15) is 19.7 Å². The third kappa shape index (κ3) is 4.15. The number of nitro groups is 1. The van der Waals surface area contributed by atoms with Gasteiger partial charge in [0.05, 0.1) is 16.4 Å². The maximum absolute atomic E-state index is 13.1. The summed E-state index contributed by atoms with van der Waals surface area (Å²) in [6.45, 7) is 3.90. The van der Waals surface area contributed by atoms with E-state index < -0.39 is 10.8 Å². The fourth-order valence-electron chi connectivity index (χ4n) is 4.08. The number of nitro benzene ring substituents is 1. The lowest BCUT2D eigenvalue weighted by Crippen LogP contribution is -2.27. The van der Waals surface area contributed by atoms with E-state index >= 15 is 0 Å². The number of ether oxygens (including phenoxy) is 2. The van der Waals surface area contributed by atoms with Gasteiger partial charge >= 0.3 is 0 Å². The number of aromatic nitrogens is 1. The van der Waals surface area contributed by atoms with Gasteiger partial charge in [-0.05, 0) is 67.1 Å². The number of aryl methyl sites for hydroxylation is 1. The summed E-state index contributed by atoms with van der Waals surface area (Å²) in [5.74, 6) is 0.635. The zero-order chi connectivity index (χ0) is 24.9. The first-order valence-electron chi connectivity index (χ1n) is 10.5. The number of fused-ring (bicyclic) bond motifs is 1. The van der Waals surface area contributed by atoms with E-state index in [4.69, 9.17) is 21.1 Å². The number of amides is 2. The number of benzene rings is 2. The molecule has 0 radical (unpaired) electrons. The summed E-state index contributed by atoms with van der Waals surface area (Å²) in [5, 5.41) is 10.9. The summed E-state index contributed by atoms with van der Waals surface area (Å²) in [6.07, 6.45) is 1.69. The fourth-order valence-corrected chi connectivity index (χ4v) is 5.13. The van der Waals surface area contributed by atoms with Gasteiger partial charge in [-0.25, -0.2) is 0 Å². The molecule has 0 aliphatic carbocycles. The highest BCUT2D eigenvalue weighted by atomic mass is 35.5. The largest absolute Gasteiger partial charge is 0.454 e. The van der Waals surface area contributed by atoms with Gasteiger partial charge in [-0.1, -0.05) is 11.6 Å². The maximum Gasteiger partial charge on any atom is 0.293 e. The maximum atomic E-state index is 13.1. The Morgan fingerprint density at radius 2 is 1.80 bits per heavy atom. The number of hydrogen-bond donors (Lipinski definition) is 0. The van der Waals surface area contributed by atoms with Crippen LogP contribution in [0.4, 0.5) is 10.5 Å². The molecule has 0 saturated carbocycles. The van der Waals surface area contributed by atoms with Gasteiger partial charge in [-0.15, -0.1) is 0 Å². The van der Waals surface area contributed by atoms with Gasteiger partial charge in [0.2, 0.25) is 6.79 Å². The predicted molar refractivity (Wildman–Crippen MR) is 131 cm³/mol. The molecule has 1 saturated heterocycles. The van der Waals surface area contributed by atoms with E-state index in [1.807, 2.05) is 24.5 Å². The Hall–Kier alpha value is -3.76. The Morgan fingerprint density at radius 3 is 2.49 bits per heavy atom. The van der Waals surface area contributed by atoms with Crippen LogP contribution in [-0.2, 0) is 11.3 Å². The van der Waals surface area contributed by atoms with E-state index in [1.54, 1.807) is 30.3 Å². The highest BCUT2D eigenvalue weighted by molar-refractivity contribution is 8.18. The van der Waals surface area contributed by atoms with Crippen molar-refractivity contribution < 1.29 is 24.0 Å². The quantitative estimate of drug-likeness (QED) is 0.249. The van der Waals surface area contributed by atoms with Crippen molar-refractivity contribution in [1.82, 2.24) is 9.47 Å². The van der Waals surface area contributed by atoms with Crippen LogP contribution in [0.25, 0.3) is 11.8 Å². The molecule has 1 aromatic heterocycles. The molecule has 3 heterocycles. The van der Waals surface area contributed by atoms with Crippen LogP contribution in [0.2, 0.25) is 5.02 Å². The average molecular weight is 512 g/mol. The van der Waals surface area contributed by atoms with Crippen molar-refractivity contribution in [2.45, 2.75) is 20.4 Å². The van der Waals surface area contributed by atoms with Gasteiger partial charge in [0.15, 0.2) is 11.5 Å². The van der Waals surface area contributed by atoms with Crippen LogP contribution in [0, 0.1) is 24.0 Å². The first kappa shape index (κ1) is 23.0. The van der Waals surface area contributed by atoms with Crippen molar-refractivity contribution in [1.29, 1.82) is 0 Å². The molecule has 11 heteroatoms. The van der Waals surface area contributed by atoms with E-state index in [1.165, 1.54) is 12.1 Å². The molecule has 2 amide bonds. The van der Waals surface area contributed by atoms with Crippen LogP contribution in [0.5, 0.6) is 11.5 Å². The van der Waals surface area contributed by atoms with Crippen molar-refractivity contribution in [2.24, 2.45) is 0 Å². The lowest BCUT2D eigenvalue weighted by atomic mass is 10.2. The molecule has 0 N–H and O–H groups in total. The molecule has 0 atom stereocenters. The topological polar surface area (TPSA) is 104 Å². The number of rotatable bonds is 5. The minimum absolute atomic E-state index is 0.00710. The van der Waals surface area contributed by atoms with Gasteiger partial charge < -0.3 is 14.0 Å². The van der Waals surface area contributed by atoms with Crippen molar-refractivity contribution in [3.8, 4) is 17.2 Å². The number of nitrogens with zero attached hydrogens (tertiary/aromatic N) is 3. The second kappa shape index (κ2) is 8.79.